The van der Waals surface area contributed by atoms with Crippen LogP contribution in [0.15, 0.2) is 41.6 Å². The summed E-state index contributed by atoms with van der Waals surface area (Å²) >= 11 is 0. The summed E-state index contributed by atoms with van der Waals surface area (Å²) < 4.78 is 4.84. The van der Waals surface area contributed by atoms with E-state index in [1.165, 1.54) is 7.11 Å². The molecule has 0 radical (unpaired) electrons. The minimum Gasteiger partial charge on any atom is -0.461 e. The van der Waals surface area contributed by atoms with Crippen LogP contribution < -0.4 is 0 Å². The lowest BCUT2D eigenvalue weighted by molar-refractivity contribution is -0.135. The van der Waals surface area contributed by atoms with Crippen LogP contribution in [0.2, 0.25) is 0 Å². The highest BCUT2D eigenvalue weighted by Gasteiger charge is 2.09. The van der Waals surface area contributed by atoms with Crippen molar-refractivity contribution in [3.8, 4) is 0 Å². The van der Waals surface area contributed by atoms with Crippen LogP contribution >= 0.6 is 0 Å². The van der Waals surface area contributed by atoms with Gasteiger partial charge in [-0.15, -0.1) is 0 Å². The fourth-order valence-corrected chi connectivity index (χ4v) is 1.18. The van der Waals surface area contributed by atoms with Crippen molar-refractivity contribution in [2.75, 3.05) is 13.7 Å². The zero-order valence-electron chi connectivity index (χ0n) is 9.92. The summed E-state index contributed by atoms with van der Waals surface area (Å²) in [6.07, 6.45) is 3.34. The summed E-state index contributed by atoms with van der Waals surface area (Å²) in [6.45, 7) is 2.05. The monoisotopic (exact) mass is 233 g/mol. The fourth-order valence-electron chi connectivity index (χ4n) is 1.18. The molecule has 0 aromatic heterocycles. The average molecular weight is 233 g/mol. The Morgan fingerprint density at radius 2 is 2.06 bits per heavy atom. The number of oxime groups is 1. The van der Waals surface area contributed by atoms with E-state index < -0.39 is 5.97 Å². The molecule has 1 rings (SSSR count). The topological polar surface area (TPSA) is 47.9 Å². The van der Waals surface area contributed by atoms with Crippen LogP contribution in [-0.4, -0.2) is 25.4 Å². The first-order valence-electron chi connectivity index (χ1n) is 5.29. The maximum atomic E-state index is 11.5. The van der Waals surface area contributed by atoms with Crippen molar-refractivity contribution in [2.45, 2.75) is 6.92 Å². The molecule has 0 fully saturated rings. The van der Waals surface area contributed by atoms with E-state index in [4.69, 9.17) is 4.74 Å². The van der Waals surface area contributed by atoms with Crippen LogP contribution in [0.4, 0.5) is 0 Å². The molecule has 0 atom stereocenters. The zero-order chi connectivity index (χ0) is 12.5. The molecule has 1 aromatic rings. The third kappa shape index (κ3) is 4.51. The van der Waals surface area contributed by atoms with Gasteiger partial charge < -0.3 is 9.57 Å². The van der Waals surface area contributed by atoms with E-state index in [9.17, 15) is 4.79 Å². The number of nitrogens with zero attached hydrogens (tertiary/aromatic N) is 1. The van der Waals surface area contributed by atoms with E-state index in [1.54, 1.807) is 19.1 Å². The van der Waals surface area contributed by atoms with Gasteiger partial charge in [-0.2, -0.15) is 0 Å². The highest BCUT2D eigenvalue weighted by atomic mass is 16.6. The predicted molar refractivity (Wildman–Crippen MR) is 66.6 cm³/mol. The summed E-state index contributed by atoms with van der Waals surface area (Å²) in [5.41, 5.74) is 1.11. The molecule has 0 bridgehead atoms. The molecule has 0 saturated carbocycles. The Labute approximate surface area is 101 Å². The highest BCUT2D eigenvalue weighted by molar-refractivity contribution is 6.41. The number of ether oxygens (including phenoxy) is 1. The van der Waals surface area contributed by atoms with E-state index >= 15 is 0 Å². The quantitative estimate of drug-likeness (QED) is 0.445. The first kappa shape index (κ1) is 13.0. The van der Waals surface area contributed by atoms with Gasteiger partial charge in [0.15, 0.2) is 5.71 Å². The van der Waals surface area contributed by atoms with Gasteiger partial charge in [-0.05, 0) is 18.6 Å². The first-order chi connectivity index (χ1) is 8.27. The van der Waals surface area contributed by atoms with Gasteiger partial charge in [0.25, 0.3) is 0 Å². The maximum Gasteiger partial charge on any atom is 0.360 e. The molecule has 0 unspecified atom stereocenters. The van der Waals surface area contributed by atoms with E-state index in [1.807, 2.05) is 30.3 Å². The number of carbonyl (C=O) groups excluding carboxylic acids is 1. The third-order valence-corrected chi connectivity index (χ3v) is 1.91. The van der Waals surface area contributed by atoms with Crippen LogP contribution in [-0.2, 0) is 14.4 Å². The number of rotatable bonds is 5. The Bertz CT molecular complexity index is 410. The molecule has 0 aliphatic heterocycles. The third-order valence-electron chi connectivity index (χ3n) is 1.91. The second-order valence-corrected chi connectivity index (χ2v) is 3.12. The minimum atomic E-state index is -0.499. The van der Waals surface area contributed by atoms with Gasteiger partial charge >= 0.3 is 5.97 Å². The lowest BCUT2D eigenvalue weighted by Crippen LogP contribution is -2.15. The van der Waals surface area contributed by atoms with Crippen molar-refractivity contribution in [2.24, 2.45) is 5.16 Å². The molecule has 90 valence electrons. The molecule has 4 nitrogen and oxygen atoms in total. The van der Waals surface area contributed by atoms with Crippen molar-refractivity contribution in [1.82, 2.24) is 0 Å². The van der Waals surface area contributed by atoms with Gasteiger partial charge in [-0.25, -0.2) is 4.79 Å². The van der Waals surface area contributed by atoms with E-state index in [2.05, 4.69) is 9.99 Å². The second kappa shape index (κ2) is 7.22. The lowest BCUT2D eigenvalue weighted by Gasteiger charge is -2.00. The Kier molecular flexibility index (Phi) is 5.51. The molecule has 0 aliphatic carbocycles. The van der Waals surface area contributed by atoms with Gasteiger partial charge in [0.05, 0.1) is 6.61 Å². The van der Waals surface area contributed by atoms with Gasteiger partial charge in [0.1, 0.15) is 7.11 Å². The number of hydrogen-bond acceptors (Lipinski definition) is 4. The maximum absolute atomic E-state index is 11.5. The molecule has 0 amide bonds. The van der Waals surface area contributed by atoms with E-state index in [0.29, 0.717) is 6.61 Å². The molecule has 0 saturated heterocycles. The number of benzene rings is 1. The van der Waals surface area contributed by atoms with Crippen molar-refractivity contribution < 1.29 is 14.4 Å². The molecular weight excluding hydrogens is 218 g/mol. The molecule has 17 heavy (non-hydrogen) atoms. The van der Waals surface area contributed by atoms with Crippen molar-refractivity contribution >= 4 is 17.8 Å². The summed E-state index contributed by atoms with van der Waals surface area (Å²) in [4.78, 5) is 16.1. The average Bonchev–Trinajstić information content (AvgIpc) is 2.36. The lowest BCUT2D eigenvalue weighted by atomic mass is 10.2. The number of hydrogen-bond donors (Lipinski definition) is 0. The normalized spacial score (nSPS) is 11.5. The van der Waals surface area contributed by atoms with Crippen LogP contribution in [0, 0.1) is 0 Å². The molecule has 0 heterocycles. The summed E-state index contributed by atoms with van der Waals surface area (Å²) in [6, 6.07) is 9.60. The van der Waals surface area contributed by atoms with E-state index in [-0.39, 0.29) is 5.71 Å². The SMILES string of the molecule is CCOC(=O)C(/C=C/c1ccccc1)=N\OC. The van der Waals surface area contributed by atoms with Crippen LogP contribution in [0.5, 0.6) is 0 Å². The highest BCUT2D eigenvalue weighted by Crippen LogP contribution is 2.02. The first-order valence-corrected chi connectivity index (χ1v) is 5.29. The molecule has 4 heteroatoms. The van der Waals surface area contributed by atoms with E-state index in [0.717, 1.165) is 5.56 Å². The molecule has 1 aromatic carbocycles. The predicted octanol–water partition coefficient (Wildman–Crippen LogP) is 2.27. The summed E-state index contributed by atoms with van der Waals surface area (Å²) in [5, 5.41) is 3.61. The standard InChI is InChI=1S/C13H15NO3/c1-3-17-13(15)12(14-16-2)10-9-11-7-5-4-6-8-11/h4-10H,3H2,1-2H3/b10-9+,14-12-. The van der Waals surface area contributed by atoms with Gasteiger partial charge in [0.2, 0.25) is 0 Å². The van der Waals surface area contributed by atoms with Crippen molar-refractivity contribution in [3.05, 3.63) is 42.0 Å². The van der Waals surface area contributed by atoms with Crippen LogP contribution in [0.3, 0.4) is 0 Å². The second-order valence-electron chi connectivity index (χ2n) is 3.12. The Morgan fingerprint density at radius 1 is 1.35 bits per heavy atom. The largest absolute Gasteiger partial charge is 0.461 e. The zero-order valence-corrected chi connectivity index (χ0v) is 9.92. The van der Waals surface area contributed by atoms with Crippen molar-refractivity contribution in [1.29, 1.82) is 0 Å². The van der Waals surface area contributed by atoms with Gasteiger partial charge in [-0.1, -0.05) is 41.6 Å². The Balaban J connectivity index is 2.77. The van der Waals surface area contributed by atoms with Gasteiger partial charge in [0, 0.05) is 0 Å². The fraction of sp³-hybridized carbons (Fsp3) is 0.231. The minimum absolute atomic E-state index is 0.137. The molecule has 0 spiro atoms. The van der Waals surface area contributed by atoms with Crippen LogP contribution in [0.25, 0.3) is 6.08 Å². The smallest absolute Gasteiger partial charge is 0.360 e. The van der Waals surface area contributed by atoms with Crippen LogP contribution in [0.1, 0.15) is 12.5 Å². The summed E-state index contributed by atoms with van der Waals surface area (Å²) in [5.74, 6) is -0.499. The molecule has 0 N–H and O–H groups in total. The summed E-state index contributed by atoms with van der Waals surface area (Å²) in [7, 11) is 1.38. The number of carbonyl (C=O) groups is 1. The number of esters is 1. The Morgan fingerprint density at radius 3 is 2.65 bits per heavy atom. The van der Waals surface area contributed by atoms with Gasteiger partial charge in [-0.3, -0.25) is 0 Å². The molecule has 0 aliphatic rings. The Hall–Kier alpha value is -2.10. The molecular formula is C13H15NO3. The van der Waals surface area contributed by atoms with Crippen molar-refractivity contribution in [3.63, 3.8) is 0 Å².